The number of hydrogen-bond acceptors (Lipinski definition) is 4. The predicted octanol–water partition coefficient (Wildman–Crippen LogP) is 2.78. The van der Waals surface area contributed by atoms with Gasteiger partial charge >= 0.3 is 0 Å². The van der Waals surface area contributed by atoms with Gasteiger partial charge in [-0.2, -0.15) is 0 Å². The van der Waals surface area contributed by atoms with Crippen LogP contribution in [0.2, 0.25) is 0 Å². The minimum atomic E-state index is -0.606. The molecule has 2 aromatic rings. The van der Waals surface area contributed by atoms with E-state index in [2.05, 4.69) is 0 Å². The van der Waals surface area contributed by atoms with Crippen LogP contribution in [0.3, 0.4) is 0 Å². The maximum atomic E-state index is 12.8. The van der Waals surface area contributed by atoms with Crippen LogP contribution < -0.4 is 4.90 Å². The number of hydrogen-bond donors (Lipinski definition) is 0. The van der Waals surface area contributed by atoms with Crippen molar-refractivity contribution in [2.45, 2.75) is 19.9 Å². The fourth-order valence-corrected chi connectivity index (χ4v) is 3.13. The molecule has 26 heavy (non-hydrogen) atoms. The number of benzene rings is 2. The first-order valence-corrected chi connectivity index (χ1v) is 8.32. The lowest BCUT2D eigenvalue weighted by Gasteiger charge is -2.39. The third kappa shape index (κ3) is 3.15. The van der Waals surface area contributed by atoms with Crippen LogP contribution in [0.1, 0.15) is 22.8 Å². The van der Waals surface area contributed by atoms with E-state index in [9.17, 15) is 19.7 Å². The molecule has 3 rings (SSSR count). The van der Waals surface area contributed by atoms with Gasteiger partial charge in [0.05, 0.1) is 4.92 Å². The van der Waals surface area contributed by atoms with Gasteiger partial charge in [0.25, 0.3) is 11.6 Å². The van der Waals surface area contributed by atoms with Crippen LogP contribution in [0.25, 0.3) is 0 Å². The molecule has 7 heteroatoms. The van der Waals surface area contributed by atoms with Crippen molar-refractivity contribution in [1.29, 1.82) is 0 Å². The van der Waals surface area contributed by atoms with E-state index in [-0.39, 0.29) is 17.5 Å². The van der Waals surface area contributed by atoms with Gasteiger partial charge in [0.2, 0.25) is 5.91 Å². The monoisotopic (exact) mass is 353 g/mol. The molecule has 0 spiro atoms. The van der Waals surface area contributed by atoms with Crippen molar-refractivity contribution in [2.24, 2.45) is 0 Å². The Morgan fingerprint density at radius 3 is 2.38 bits per heavy atom. The van der Waals surface area contributed by atoms with Crippen molar-refractivity contribution in [2.75, 3.05) is 18.0 Å². The molecule has 0 aliphatic carbocycles. The van der Waals surface area contributed by atoms with E-state index >= 15 is 0 Å². The first-order chi connectivity index (χ1) is 12.4. The highest BCUT2D eigenvalue weighted by Crippen LogP contribution is 2.24. The van der Waals surface area contributed by atoms with Gasteiger partial charge in [-0.25, -0.2) is 0 Å². The quantitative estimate of drug-likeness (QED) is 0.627. The van der Waals surface area contributed by atoms with Crippen LogP contribution in [0.15, 0.2) is 48.5 Å². The Morgan fingerprint density at radius 1 is 1.12 bits per heavy atom. The molecule has 7 nitrogen and oxygen atoms in total. The SMILES string of the molecule is Cc1ccccc1C(=O)N1CCN(c2ccc([N+](=O)[O-])cc2)C(=O)[C@@H]1C. The van der Waals surface area contributed by atoms with Crippen molar-refractivity contribution in [3.8, 4) is 0 Å². The zero-order valence-corrected chi connectivity index (χ0v) is 14.6. The van der Waals surface area contributed by atoms with E-state index in [0.29, 0.717) is 24.3 Å². The van der Waals surface area contributed by atoms with Crippen LogP contribution in [0.5, 0.6) is 0 Å². The summed E-state index contributed by atoms with van der Waals surface area (Å²) in [6.07, 6.45) is 0. The zero-order valence-electron chi connectivity index (χ0n) is 14.6. The Kier molecular flexibility index (Phi) is 4.71. The van der Waals surface area contributed by atoms with Crippen molar-refractivity contribution < 1.29 is 14.5 Å². The summed E-state index contributed by atoms with van der Waals surface area (Å²) >= 11 is 0. The molecule has 1 saturated heterocycles. The summed E-state index contributed by atoms with van der Waals surface area (Å²) in [5.41, 5.74) is 2.03. The number of nitrogens with zero attached hydrogens (tertiary/aromatic N) is 3. The average molecular weight is 353 g/mol. The maximum absolute atomic E-state index is 12.8. The van der Waals surface area contributed by atoms with E-state index in [1.807, 2.05) is 19.1 Å². The highest BCUT2D eigenvalue weighted by atomic mass is 16.6. The number of piperazine rings is 1. The van der Waals surface area contributed by atoms with Crippen molar-refractivity contribution >= 4 is 23.2 Å². The van der Waals surface area contributed by atoms with Crippen LogP contribution in [0, 0.1) is 17.0 Å². The molecule has 134 valence electrons. The number of carbonyl (C=O) groups excluding carboxylic acids is 2. The lowest BCUT2D eigenvalue weighted by molar-refractivity contribution is -0.384. The number of nitro groups is 1. The van der Waals surface area contributed by atoms with Gasteiger partial charge in [-0.15, -0.1) is 0 Å². The predicted molar refractivity (Wildman–Crippen MR) is 97.1 cm³/mol. The lowest BCUT2D eigenvalue weighted by Crippen LogP contribution is -2.57. The molecular formula is C19H19N3O4. The van der Waals surface area contributed by atoms with Crippen LogP contribution in [-0.4, -0.2) is 40.8 Å². The number of aryl methyl sites for hydroxylation is 1. The average Bonchev–Trinajstić information content (AvgIpc) is 2.64. The number of amides is 2. The van der Waals surface area contributed by atoms with Crippen molar-refractivity contribution in [1.82, 2.24) is 4.90 Å². The Labute approximate surface area is 151 Å². The van der Waals surface area contributed by atoms with Crippen LogP contribution in [-0.2, 0) is 4.79 Å². The van der Waals surface area contributed by atoms with Crippen LogP contribution >= 0.6 is 0 Å². The molecule has 0 bridgehead atoms. The Hall–Kier alpha value is -3.22. The molecule has 0 N–H and O–H groups in total. The van der Waals surface area contributed by atoms with E-state index < -0.39 is 11.0 Å². The highest BCUT2D eigenvalue weighted by Gasteiger charge is 2.35. The summed E-state index contributed by atoms with van der Waals surface area (Å²) in [6, 6.07) is 12.6. The molecule has 2 amide bonds. The first kappa shape index (κ1) is 17.6. The molecule has 1 aliphatic heterocycles. The van der Waals surface area contributed by atoms with E-state index in [1.54, 1.807) is 41.0 Å². The molecule has 1 atom stereocenters. The van der Waals surface area contributed by atoms with E-state index in [1.165, 1.54) is 12.1 Å². The van der Waals surface area contributed by atoms with Gasteiger partial charge in [-0.05, 0) is 37.6 Å². The minimum Gasteiger partial charge on any atom is -0.325 e. The van der Waals surface area contributed by atoms with Gasteiger partial charge in [0.15, 0.2) is 0 Å². The fourth-order valence-electron chi connectivity index (χ4n) is 3.13. The van der Waals surface area contributed by atoms with Gasteiger partial charge < -0.3 is 9.80 Å². The summed E-state index contributed by atoms with van der Waals surface area (Å²) in [6.45, 7) is 4.32. The molecule has 0 unspecified atom stereocenters. The standard InChI is InChI=1S/C19H19N3O4/c1-13-5-3-4-6-17(13)19(24)20-11-12-21(18(23)14(20)2)15-7-9-16(10-8-15)22(25)26/h3-10,14H,11-12H2,1-2H3/t14-/m0/s1. The largest absolute Gasteiger partial charge is 0.325 e. The Bertz CT molecular complexity index is 863. The maximum Gasteiger partial charge on any atom is 0.269 e. The first-order valence-electron chi connectivity index (χ1n) is 8.32. The van der Waals surface area contributed by atoms with Crippen LogP contribution in [0.4, 0.5) is 11.4 Å². The molecule has 0 radical (unpaired) electrons. The number of rotatable bonds is 3. The summed E-state index contributed by atoms with van der Waals surface area (Å²) in [5, 5.41) is 10.8. The number of anilines is 1. The molecular weight excluding hydrogens is 334 g/mol. The molecule has 1 heterocycles. The molecule has 0 saturated carbocycles. The number of nitro benzene ring substituents is 1. The third-order valence-electron chi connectivity index (χ3n) is 4.66. The van der Waals surface area contributed by atoms with Gasteiger partial charge in [-0.1, -0.05) is 18.2 Å². The van der Waals surface area contributed by atoms with Gasteiger partial charge in [0.1, 0.15) is 6.04 Å². The molecule has 1 fully saturated rings. The Balaban J connectivity index is 1.79. The summed E-state index contributed by atoms with van der Waals surface area (Å²) in [7, 11) is 0. The molecule has 1 aliphatic rings. The number of carbonyl (C=O) groups is 2. The second-order valence-electron chi connectivity index (χ2n) is 6.25. The third-order valence-corrected chi connectivity index (χ3v) is 4.66. The van der Waals surface area contributed by atoms with Crippen molar-refractivity contribution in [3.63, 3.8) is 0 Å². The van der Waals surface area contributed by atoms with Gasteiger partial charge in [-0.3, -0.25) is 19.7 Å². The highest BCUT2D eigenvalue weighted by molar-refractivity contribution is 6.03. The Morgan fingerprint density at radius 2 is 1.77 bits per heavy atom. The lowest BCUT2D eigenvalue weighted by atomic mass is 10.0. The zero-order chi connectivity index (χ0) is 18.8. The summed E-state index contributed by atoms with van der Waals surface area (Å²) < 4.78 is 0. The second-order valence-corrected chi connectivity index (χ2v) is 6.25. The minimum absolute atomic E-state index is 0.0254. The van der Waals surface area contributed by atoms with E-state index in [4.69, 9.17) is 0 Å². The topological polar surface area (TPSA) is 83.8 Å². The van der Waals surface area contributed by atoms with E-state index in [0.717, 1.165) is 5.56 Å². The smallest absolute Gasteiger partial charge is 0.269 e. The molecule has 0 aromatic heterocycles. The summed E-state index contributed by atoms with van der Waals surface area (Å²) in [5.74, 6) is -0.362. The fraction of sp³-hybridized carbons (Fsp3) is 0.263. The summed E-state index contributed by atoms with van der Waals surface area (Å²) in [4.78, 5) is 39.0. The normalized spacial score (nSPS) is 17.3. The molecule has 2 aromatic carbocycles. The van der Waals surface area contributed by atoms with Crippen molar-refractivity contribution in [3.05, 3.63) is 69.8 Å². The number of non-ortho nitro benzene ring substituents is 1. The second kappa shape index (κ2) is 6.95. The van der Waals surface area contributed by atoms with Gasteiger partial charge in [0, 0.05) is 36.5 Å².